The lowest BCUT2D eigenvalue weighted by Gasteiger charge is -1.96. The van der Waals surface area contributed by atoms with Crippen molar-refractivity contribution in [1.29, 1.82) is 0 Å². The van der Waals surface area contributed by atoms with Gasteiger partial charge in [0.25, 0.3) is 0 Å². The molecule has 1 aromatic heterocycles. The molecule has 0 atom stereocenters. The lowest BCUT2D eigenvalue weighted by molar-refractivity contribution is 0.474. The van der Waals surface area contributed by atoms with Crippen molar-refractivity contribution in [2.24, 2.45) is 0 Å². The van der Waals surface area contributed by atoms with Gasteiger partial charge in [-0.25, -0.2) is 0 Å². The lowest BCUT2D eigenvalue weighted by atomic mass is 10.4. The predicted molar refractivity (Wildman–Crippen MR) is 62.5 cm³/mol. The second-order valence-corrected chi connectivity index (χ2v) is 3.30. The lowest BCUT2D eigenvalue weighted by Crippen LogP contribution is -2.14. The Morgan fingerprint density at radius 2 is 2.13 bits per heavy atom. The van der Waals surface area contributed by atoms with Crippen LogP contribution in [0.1, 0.15) is 45.1 Å². The van der Waals surface area contributed by atoms with Gasteiger partial charge in [0.1, 0.15) is 5.76 Å². The first-order valence-corrected chi connectivity index (χ1v) is 5.63. The molecule has 82 valence electrons. The molecule has 0 spiro atoms. The highest BCUT2D eigenvalue weighted by molar-refractivity contribution is 5.25. The molecule has 1 saturated carbocycles. The van der Waals surface area contributed by atoms with E-state index in [1.807, 2.05) is 32.9 Å². The molecule has 15 heavy (non-hydrogen) atoms. The van der Waals surface area contributed by atoms with E-state index < -0.39 is 0 Å². The SMILES string of the molecule is CC.CC#Cc1ccc(CNC2CC2)o1. The molecule has 1 heterocycles. The fourth-order valence-electron chi connectivity index (χ4n) is 1.20. The molecule has 0 unspecified atom stereocenters. The van der Waals surface area contributed by atoms with Crippen LogP contribution in [0.3, 0.4) is 0 Å². The largest absolute Gasteiger partial charge is 0.451 e. The Morgan fingerprint density at radius 1 is 1.40 bits per heavy atom. The molecule has 1 N–H and O–H groups in total. The average Bonchev–Trinajstić information content (AvgIpc) is 3.00. The Balaban J connectivity index is 0.000000531. The minimum absolute atomic E-state index is 0.728. The van der Waals surface area contributed by atoms with Gasteiger partial charge in [-0.15, -0.1) is 0 Å². The topological polar surface area (TPSA) is 25.2 Å². The Hall–Kier alpha value is -1.20. The van der Waals surface area contributed by atoms with Crippen LogP contribution in [-0.4, -0.2) is 6.04 Å². The predicted octanol–water partition coefficient (Wildman–Crippen LogP) is 2.93. The summed E-state index contributed by atoms with van der Waals surface area (Å²) in [6.07, 6.45) is 2.62. The second-order valence-electron chi connectivity index (χ2n) is 3.30. The summed E-state index contributed by atoms with van der Waals surface area (Å²) in [5, 5.41) is 3.39. The molecule has 0 aromatic carbocycles. The second kappa shape index (κ2) is 6.31. The molecule has 0 saturated heterocycles. The fourth-order valence-corrected chi connectivity index (χ4v) is 1.20. The van der Waals surface area contributed by atoms with Crippen molar-refractivity contribution in [3.8, 4) is 11.8 Å². The fraction of sp³-hybridized carbons (Fsp3) is 0.538. The Bertz CT molecular complexity index is 339. The maximum Gasteiger partial charge on any atom is 0.177 e. The van der Waals surface area contributed by atoms with E-state index >= 15 is 0 Å². The first kappa shape index (κ1) is 11.9. The Labute approximate surface area is 92.1 Å². The monoisotopic (exact) mass is 205 g/mol. The van der Waals surface area contributed by atoms with Crippen LogP contribution in [0.4, 0.5) is 0 Å². The van der Waals surface area contributed by atoms with Crippen LogP contribution in [0, 0.1) is 11.8 Å². The quantitative estimate of drug-likeness (QED) is 0.767. The van der Waals surface area contributed by atoms with Gasteiger partial charge in [-0.1, -0.05) is 19.8 Å². The van der Waals surface area contributed by atoms with E-state index in [1.54, 1.807) is 0 Å². The summed E-state index contributed by atoms with van der Waals surface area (Å²) in [4.78, 5) is 0. The van der Waals surface area contributed by atoms with Gasteiger partial charge < -0.3 is 9.73 Å². The van der Waals surface area contributed by atoms with Crippen molar-refractivity contribution < 1.29 is 4.42 Å². The van der Waals surface area contributed by atoms with Crippen LogP contribution in [0.2, 0.25) is 0 Å². The number of furan rings is 1. The third-order valence-electron chi connectivity index (χ3n) is 2.05. The number of nitrogens with one attached hydrogen (secondary N) is 1. The van der Waals surface area contributed by atoms with E-state index in [9.17, 15) is 0 Å². The average molecular weight is 205 g/mol. The number of hydrogen-bond acceptors (Lipinski definition) is 2. The van der Waals surface area contributed by atoms with Crippen LogP contribution in [0.25, 0.3) is 0 Å². The zero-order valence-electron chi connectivity index (χ0n) is 9.76. The first-order valence-electron chi connectivity index (χ1n) is 5.63. The molecule has 0 bridgehead atoms. The van der Waals surface area contributed by atoms with E-state index in [-0.39, 0.29) is 0 Å². The van der Waals surface area contributed by atoms with Gasteiger partial charge >= 0.3 is 0 Å². The molecular weight excluding hydrogens is 186 g/mol. The summed E-state index contributed by atoms with van der Waals surface area (Å²) in [6.45, 7) is 6.64. The van der Waals surface area contributed by atoms with Crippen molar-refractivity contribution >= 4 is 0 Å². The summed E-state index contributed by atoms with van der Waals surface area (Å²) in [5.74, 6) is 7.43. The zero-order chi connectivity index (χ0) is 11.1. The molecule has 2 heteroatoms. The maximum atomic E-state index is 5.47. The third kappa shape index (κ3) is 4.22. The van der Waals surface area contributed by atoms with Crippen LogP contribution >= 0.6 is 0 Å². The van der Waals surface area contributed by atoms with Gasteiger partial charge in [0.15, 0.2) is 5.76 Å². The summed E-state index contributed by atoms with van der Waals surface area (Å²) in [6, 6.07) is 4.63. The van der Waals surface area contributed by atoms with E-state index in [0.717, 1.165) is 24.1 Å². The van der Waals surface area contributed by atoms with Gasteiger partial charge in [0.05, 0.1) is 6.54 Å². The number of rotatable bonds is 3. The molecule has 2 rings (SSSR count). The van der Waals surface area contributed by atoms with Gasteiger partial charge in [0.2, 0.25) is 0 Å². The molecule has 1 aromatic rings. The van der Waals surface area contributed by atoms with E-state index in [0.29, 0.717) is 0 Å². The molecule has 1 fully saturated rings. The zero-order valence-corrected chi connectivity index (χ0v) is 9.76. The molecule has 0 amide bonds. The minimum atomic E-state index is 0.728. The molecule has 0 aliphatic heterocycles. The molecular formula is C13H19NO. The van der Waals surface area contributed by atoms with Crippen molar-refractivity contribution in [1.82, 2.24) is 5.32 Å². The standard InChI is InChI=1S/C11H13NO.C2H6/c1-2-3-10-6-7-11(13-10)8-12-9-4-5-9;1-2/h6-7,9,12H,4-5,8H2,1H3;1-2H3. The molecule has 0 radical (unpaired) electrons. The highest BCUT2D eigenvalue weighted by atomic mass is 16.3. The van der Waals surface area contributed by atoms with Gasteiger partial charge in [-0.3, -0.25) is 0 Å². The van der Waals surface area contributed by atoms with Crippen LogP contribution < -0.4 is 5.32 Å². The van der Waals surface area contributed by atoms with Gasteiger partial charge in [-0.2, -0.15) is 0 Å². The van der Waals surface area contributed by atoms with Crippen molar-refractivity contribution in [2.45, 2.75) is 46.2 Å². The first-order chi connectivity index (χ1) is 7.38. The van der Waals surface area contributed by atoms with Crippen LogP contribution in [-0.2, 0) is 6.54 Å². The molecule has 1 aliphatic rings. The van der Waals surface area contributed by atoms with Crippen molar-refractivity contribution in [2.75, 3.05) is 0 Å². The van der Waals surface area contributed by atoms with Crippen LogP contribution in [0.15, 0.2) is 16.5 Å². The van der Waals surface area contributed by atoms with Crippen LogP contribution in [0.5, 0.6) is 0 Å². The van der Waals surface area contributed by atoms with Crippen molar-refractivity contribution in [3.63, 3.8) is 0 Å². The smallest absolute Gasteiger partial charge is 0.177 e. The number of hydrogen-bond donors (Lipinski definition) is 1. The minimum Gasteiger partial charge on any atom is -0.451 e. The van der Waals surface area contributed by atoms with Crippen molar-refractivity contribution in [3.05, 3.63) is 23.7 Å². The van der Waals surface area contributed by atoms with Gasteiger partial charge in [-0.05, 0) is 37.8 Å². The summed E-state index contributed by atoms with van der Waals surface area (Å²) >= 11 is 0. The van der Waals surface area contributed by atoms with E-state index in [4.69, 9.17) is 4.42 Å². The molecule has 1 aliphatic carbocycles. The summed E-state index contributed by atoms with van der Waals surface area (Å²) < 4.78 is 5.47. The Morgan fingerprint density at radius 3 is 2.73 bits per heavy atom. The highest BCUT2D eigenvalue weighted by Crippen LogP contribution is 2.19. The maximum absolute atomic E-state index is 5.47. The highest BCUT2D eigenvalue weighted by Gasteiger charge is 2.20. The Kier molecular flexibility index (Phi) is 5.00. The summed E-state index contributed by atoms with van der Waals surface area (Å²) in [7, 11) is 0. The normalized spacial score (nSPS) is 13.5. The molecule has 2 nitrogen and oxygen atoms in total. The third-order valence-corrected chi connectivity index (χ3v) is 2.05. The van der Waals surface area contributed by atoms with E-state index in [2.05, 4.69) is 17.2 Å². The van der Waals surface area contributed by atoms with E-state index in [1.165, 1.54) is 12.8 Å². The van der Waals surface area contributed by atoms with Gasteiger partial charge in [0, 0.05) is 6.04 Å². The summed E-state index contributed by atoms with van der Waals surface area (Å²) in [5.41, 5.74) is 0.